The van der Waals surface area contributed by atoms with Gasteiger partial charge in [-0.1, -0.05) is 28.9 Å². The molecular formula is C16H26BrNO. The van der Waals surface area contributed by atoms with Gasteiger partial charge in [0.15, 0.2) is 0 Å². The summed E-state index contributed by atoms with van der Waals surface area (Å²) in [6.07, 6.45) is 2.11. The van der Waals surface area contributed by atoms with Crippen LogP contribution in [0.4, 0.5) is 0 Å². The molecule has 1 aromatic carbocycles. The molecule has 0 aliphatic rings. The van der Waals surface area contributed by atoms with Gasteiger partial charge in [0.1, 0.15) is 0 Å². The molecule has 3 heteroatoms. The average Bonchev–Trinajstić information content (AvgIpc) is 2.37. The van der Waals surface area contributed by atoms with Crippen LogP contribution in [-0.4, -0.2) is 19.3 Å². The molecule has 1 unspecified atom stereocenters. The highest BCUT2D eigenvalue weighted by Gasteiger charge is 2.20. The van der Waals surface area contributed by atoms with Crippen molar-refractivity contribution in [3.8, 4) is 0 Å². The van der Waals surface area contributed by atoms with Crippen molar-refractivity contribution in [1.82, 2.24) is 5.32 Å². The van der Waals surface area contributed by atoms with Crippen LogP contribution in [0.25, 0.3) is 0 Å². The van der Waals surface area contributed by atoms with Crippen LogP contribution in [-0.2, 0) is 4.74 Å². The van der Waals surface area contributed by atoms with Crippen LogP contribution in [0.1, 0.15) is 50.8 Å². The van der Waals surface area contributed by atoms with E-state index in [0.717, 1.165) is 23.9 Å². The maximum atomic E-state index is 5.52. The van der Waals surface area contributed by atoms with Gasteiger partial charge in [-0.25, -0.2) is 0 Å². The minimum atomic E-state index is -0.0619. The average molecular weight is 328 g/mol. The number of aryl methyl sites for hydroxylation is 1. The lowest BCUT2D eigenvalue weighted by Crippen LogP contribution is -2.27. The highest BCUT2D eigenvalue weighted by atomic mass is 79.9. The first-order valence-corrected chi connectivity index (χ1v) is 7.73. The lowest BCUT2D eigenvalue weighted by atomic mass is 9.92. The summed E-state index contributed by atoms with van der Waals surface area (Å²) in [7, 11) is 1.78. The predicted molar refractivity (Wildman–Crippen MR) is 85.6 cm³/mol. The van der Waals surface area contributed by atoms with Crippen LogP contribution in [0.2, 0.25) is 0 Å². The monoisotopic (exact) mass is 327 g/mol. The second-order valence-corrected chi connectivity index (χ2v) is 6.53. The number of halogens is 1. The van der Waals surface area contributed by atoms with Crippen molar-refractivity contribution < 1.29 is 4.74 Å². The van der Waals surface area contributed by atoms with Gasteiger partial charge in [0.05, 0.1) is 5.60 Å². The zero-order valence-corrected chi connectivity index (χ0v) is 14.3. The maximum absolute atomic E-state index is 5.52. The van der Waals surface area contributed by atoms with E-state index in [4.69, 9.17) is 4.74 Å². The van der Waals surface area contributed by atoms with Crippen LogP contribution < -0.4 is 5.32 Å². The topological polar surface area (TPSA) is 21.3 Å². The van der Waals surface area contributed by atoms with Crippen molar-refractivity contribution in [3.63, 3.8) is 0 Å². The Morgan fingerprint density at radius 3 is 2.63 bits per heavy atom. The molecule has 0 fully saturated rings. The molecule has 0 saturated carbocycles. The Kier molecular flexibility index (Phi) is 6.51. The van der Waals surface area contributed by atoms with E-state index in [2.05, 4.69) is 67.1 Å². The number of ether oxygens (including phenoxy) is 1. The smallest absolute Gasteiger partial charge is 0.0623 e. The van der Waals surface area contributed by atoms with Crippen LogP contribution in [0.15, 0.2) is 22.7 Å². The summed E-state index contributed by atoms with van der Waals surface area (Å²) >= 11 is 3.57. The molecule has 108 valence electrons. The maximum Gasteiger partial charge on any atom is 0.0623 e. The fourth-order valence-electron chi connectivity index (χ4n) is 2.19. The minimum Gasteiger partial charge on any atom is -0.379 e. The second kappa shape index (κ2) is 7.41. The summed E-state index contributed by atoms with van der Waals surface area (Å²) in [6, 6.07) is 6.88. The van der Waals surface area contributed by atoms with Gasteiger partial charge in [-0.15, -0.1) is 0 Å². The lowest BCUT2D eigenvalue weighted by Gasteiger charge is -2.27. The Morgan fingerprint density at radius 2 is 2.05 bits per heavy atom. The minimum absolute atomic E-state index is 0.0619. The van der Waals surface area contributed by atoms with Crippen molar-refractivity contribution in [1.29, 1.82) is 0 Å². The van der Waals surface area contributed by atoms with E-state index in [1.807, 2.05) is 0 Å². The van der Waals surface area contributed by atoms with Crippen molar-refractivity contribution in [2.45, 2.75) is 52.2 Å². The summed E-state index contributed by atoms with van der Waals surface area (Å²) in [5.41, 5.74) is 2.65. The molecule has 1 N–H and O–H groups in total. The summed E-state index contributed by atoms with van der Waals surface area (Å²) in [4.78, 5) is 0. The lowest BCUT2D eigenvalue weighted by molar-refractivity contribution is 0.0117. The van der Waals surface area contributed by atoms with Gasteiger partial charge in [-0.05, 0) is 63.4 Å². The van der Waals surface area contributed by atoms with Gasteiger partial charge in [-0.2, -0.15) is 0 Å². The number of benzene rings is 1. The van der Waals surface area contributed by atoms with E-state index in [-0.39, 0.29) is 5.60 Å². The quantitative estimate of drug-likeness (QED) is 0.789. The highest BCUT2D eigenvalue weighted by Crippen LogP contribution is 2.28. The van der Waals surface area contributed by atoms with E-state index >= 15 is 0 Å². The normalized spacial score (nSPS) is 13.6. The molecule has 1 aromatic rings. The standard InChI is InChI=1S/C16H26BrNO/c1-6-18-15(9-10-16(3,4)19-5)14-11-13(17)8-7-12(14)2/h7-8,11,15,18H,6,9-10H2,1-5H3. The van der Waals surface area contributed by atoms with E-state index in [9.17, 15) is 0 Å². The molecule has 1 atom stereocenters. The molecule has 0 amide bonds. The predicted octanol–water partition coefficient (Wildman–Crippen LogP) is 4.61. The SMILES string of the molecule is CCNC(CCC(C)(C)OC)c1cc(Br)ccc1C. The molecule has 0 radical (unpaired) electrons. The van der Waals surface area contributed by atoms with Gasteiger partial charge in [-0.3, -0.25) is 0 Å². The van der Waals surface area contributed by atoms with Gasteiger partial charge in [0.25, 0.3) is 0 Å². The summed E-state index contributed by atoms with van der Waals surface area (Å²) in [6.45, 7) is 9.59. The summed E-state index contributed by atoms with van der Waals surface area (Å²) < 4.78 is 6.66. The van der Waals surface area contributed by atoms with Crippen LogP contribution in [0, 0.1) is 6.92 Å². The molecule has 2 nitrogen and oxygen atoms in total. The molecule has 1 rings (SSSR count). The van der Waals surface area contributed by atoms with E-state index in [0.29, 0.717) is 6.04 Å². The first-order valence-electron chi connectivity index (χ1n) is 6.94. The van der Waals surface area contributed by atoms with Crippen LogP contribution in [0.3, 0.4) is 0 Å². The Balaban J connectivity index is 2.85. The molecule has 0 aliphatic heterocycles. The largest absolute Gasteiger partial charge is 0.379 e. The number of methoxy groups -OCH3 is 1. The second-order valence-electron chi connectivity index (χ2n) is 5.61. The van der Waals surface area contributed by atoms with Crippen molar-refractivity contribution in [3.05, 3.63) is 33.8 Å². The molecular weight excluding hydrogens is 302 g/mol. The molecule has 0 saturated heterocycles. The number of hydrogen-bond donors (Lipinski definition) is 1. The fraction of sp³-hybridized carbons (Fsp3) is 0.625. The summed E-state index contributed by atoms with van der Waals surface area (Å²) in [5.74, 6) is 0. The van der Waals surface area contributed by atoms with Crippen molar-refractivity contribution in [2.75, 3.05) is 13.7 Å². The van der Waals surface area contributed by atoms with Gasteiger partial charge < -0.3 is 10.1 Å². The van der Waals surface area contributed by atoms with Crippen molar-refractivity contribution in [2.24, 2.45) is 0 Å². The first kappa shape index (κ1) is 16.7. The van der Waals surface area contributed by atoms with Crippen LogP contribution >= 0.6 is 15.9 Å². The third-order valence-corrected chi connectivity index (χ3v) is 4.15. The number of nitrogens with one attached hydrogen (secondary N) is 1. The zero-order chi connectivity index (χ0) is 14.5. The molecule has 0 bridgehead atoms. The zero-order valence-electron chi connectivity index (χ0n) is 12.7. The van der Waals surface area contributed by atoms with E-state index < -0.39 is 0 Å². The third kappa shape index (κ3) is 5.25. The summed E-state index contributed by atoms with van der Waals surface area (Å²) in [5, 5.41) is 3.59. The molecule has 0 aromatic heterocycles. The molecule has 0 spiro atoms. The van der Waals surface area contributed by atoms with E-state index in [1.165, 1.54) is 11.1 Å². The first-order chi connectivity index (χ1) is 8.89. The van der Waals surface area contributed by atoms with Gasteiger partial charge >= 0.3 is 0 Å². The van der Waals surface area contributed by atoms with Crippen molar-refractivity contribution >= 4 is 15.9 Å². The third-order valence-electron chi connectivity index (χ3n) is 3.65. The number of rotatable bonds is 7. The molecule has 0 heterocycles. The molecule has 0 aliphatic carbocycles. The number of hydrogen-bond acceptors (Lipinski definition) is 2. The Hall–Kier alpha value is -0.380. The van der Waals surface area contributed by atoms with Gasteiger partial charge in [0, 0.05) is 17.6 Å². The Bertz CT molecular complexity index is 404. The van der Waals surface area contributed by atoms with Gasteiger partial charge in [0.2, 0.25) is 0 Å². The highest BCUT2D eigenvalue weighted by molar-refractivity contribution is 9.10. The Labute approximate surface area is 126 Å². The Morgan fingerprint density at radius 1 is 1.37 bits per heavy atom. The van der Waals surface area contributed by atoms with Crippen LogP contribution in [0.5, 0.6) is 0 Å². The fourth-order valence-corrected chi connectivity index (χ4v) is 2.57. The van der Waals surface area contributed by atoms with E-state index in [1.54, 1.807) is 7.11 Å². The molecule has 19 heavy (non-hydrogen) atoms.